The zero-order valence-corrected chi connectivity index (χ0v) is 14.8. The van der Waals surface area contributed by atoms with Gasteiger partial charge in [-0.15, -0.1) is 0 Å². The molecule has 1 heterocycles. The first-order valence-electron chi connectivity index (χ1n) is 8.44. The minimum atomic E-state index is -0.380. The molecule has 0 amide bonds. The van der Waals surface area contributed by atoms with E-state index in [4.69, 9.17) is 10.5 Å². The third kappa shape index (κ3) is 3.72. The Morgan fingerprint density at radius 2 is 1.81 bits per heavy atom. The van der Waals surface area contributed by atoms with Gasteiger partial charge in [-0.3, -0.25) is 4.79 Å². The maximum Gasteiger partial charge on any atom is 0.334 e. The van der Waals surface area contributed by atoms with E-state index in [1.807, 2.05) is 30.3 Å². The summed E-state index contributed by atoms with van der Waals surface area (Å²) < 4.78 is 5.10. The van der Waals surface area contributed by atoms with Gasteiger partial charge in [0, 0.05) is 23.1 Å². The Hall–Kier alpha value is -3.21. The molecule has 0 bridgehead atoms. The average molecular weight is 348 g/mol. The lowest BCUT2D eigenvalue weighted by atomic mass is 9.99. The molecule has 0 spiro atoms. The molecule has 5 heteroatoms. The van der Waals surface area contributed by atoms with Crippen molar-refractivity contribution in [2.24, 2.45) is 10.7 Å². The van der Waals surface area contributed by atoms with Crippen LogP contribution in [-0.2, 0) is 9.53 Å². The molecule has 0 radical (unpaired) electrons. The SMILES string of the molecule is CCOC(=O)C1=Cc2cc(-c3ccc(C(C)=O)cc3)ccc2N=C(N)C1. The van der Waals surface area contributed by atoms with Gasteiger partial charge in [0.1, 0.15) is 5.84 Å². The topological polar surface area (TPSA) is 81.8 Å². The number of nitrogens with zero attached hydrogens (tertiary/aromatic N) is 1. The molecule has 0 aliphatic carbocycles. The molecule has 2 N–H and O–H groups in total. The van der Waals surface area contributed by atoms with Crippen LogP contribution in [0.5, 0.6) is 0 Å². The molecule has 0 aromatic heterocycles. The molecular weight excluding hydrogens is 328 g/mol. The van der Waals surface area contributed by atoms with Gasteiger partial charge in [-0.2, -0.15) is 0 Å². The largest absolute Gasteiger partial charge is 0.463 e. The number of carbonyl (C=O) groups is 2. The van der Waals surface area contributed by atoms with Crippen molar-refractivity contribution in [2.75, 3.05) is 6.61 Å². The molecule has 132 valence electrons. The molecule has 5 nitrogen and oxygen atoms in total. The number of hydrogen-bond acceptors (Lipinski definition) is 5. The average Bonchev–Trinajstić information content (AvgIpc) is 2.79. The van der Waals surface area contributed by atoms with E-state index < -0.39 is 0 Å². The van der Waals surface area contributed by atoms with Crippen LogP contribution in [0.1, 0.15) is 36.2 Å². The highest BCUT2D eigenvalue weighted by Crippen LogP contribution is 2.31. The second-order valence-electron chi connectivity index (χ2n) is 6.08. The fraction of sp³-hybridized carbons (Fsp3) is 0.190. The molecule has 2 aromatic carbocycles. The minimum Gasteiger partial charge on any atom is -0.463 e. The molecule has 0 atom stereocenters. The van der Waals surface area contributed by atoms with Gasteiger partial charge < -0.3 is 10.5 Å². The number of ether oxygens (including phenoxy) is 1. The molecule has 1 aliphatic heterocycles. The fourth-order valence-electron chi connectivity index (χ4n) is 2.83. The van der Waals surface area contributed by atoms with E-state index in [9.17, 15) is 9.59 Å². The highest BCUT2D eigenvalue weighted by Gasteiger charge is 2.17. The number of fused-ring (bicyclic) bond motifs is 1. The molecule has 0 saturated heterocycles. The second kappa shape index (κ2) is 7.35. The van der Waals surface area contributed by atoms with Crippen LogP contribution in [0.2, 0.25) is 0 Å². The highest BCUT2D eigenvalue weighted by atomic mass is 16.5. The minimum absolute atomic E-state index is 0.0327. The van der Waals surface area contributed by atoms with Crippen molar-refractivity contribution in [3.63, 3.8) is 0 Å². The Labute approximate surface area is 152 Å². The number of aliphatic imine (C=N–C) groups is 1. The van der Waals surface area contributed by atoms with Gasteiger partial charge in [0.2, 0.25) is 0 Å². The Kier molecular flexibility index (Phi) is 4.98. The Bertz CT molecular complexity index is 925. The number of carbonyl (C=O) groups excluding carboxylic acids is 2. The highest BCUT2D eigenvalue weighted by molar-refractivity contribution is 6.03. The van der Waals surface area contributed by atoms with Crippen LogP contribution in [0.3, 0.4) is 0 Å². The normalized spacial score (nSPS) is 13.2. The zero-order chi connectivity index (χ0) is 18.7. The molecule has 3 rings (SSSR count). The Balaban J connectivity index is 2.02. The van der Waals surface area contributed by atoms with Crippen molar-refractivity contribution in [3.8, 4) is 11.1 Å². The summed E-state index contributed by atoms with van der Waals surface area (Å²) in [5.74, 6) is 0.0293. The van der Waals surface area contributed by atoms with Crippen LogP contribution in [0.4, 0.5) is 5.69 Å². The standard InChI is InChI=1S/C21H20N2O3/c1-3-26-21(25)18-11-17-10-16(8-9-19(17)23-20(22)12-18)15-6-4-14(5-7-15)13(2)24/h4-11H,3,12H2,1-2H3,(H2,22,23). The summed E-state index contributed by atoms with van der Waals surface area (Å²) in [7, 11) is 0. The molecule has 1 aliphatic rings. The number of benzene rings is 2. The fourth-order valence-corrected chi connectivity index (χ4v) is 2.83. The predicted octanol–water partition coefficient (Wildman–Crippen LogP) is 3.90. The summed E-state index contributed by atoms with van der Waals surface area (Å²) >= 11 is 0. The number of nitrogens with two attached hydrogens (primary N) is 1. The monoisotopic (exact) mass is 348 g/mol. The number of ketones is 1. The lowest BCUT2D eigenvalue weighted by molar-refractivity contribution is -0.138. The van der Waals surface area contributed by atoms with Crippen molar-refractivity contribution < 1.29 is 14.3 Å². The molecule has 0 fully saturated rings. The van der Waals surface area contributed by atoms with Crippen molar-refractivity contribution in [1.29, 1.82) is 0 Å². The first-order chi connectivity index (χ1) is 12.5. The summed E-state index contributed by atoms with van der Waals surface area (Å²) in [6.07, 6.45) is 2.04. The van der Waals surface area contributed by atoms with Crippen LogP contribution in [0.25, 0.3) is 17.2 Å². The van der Waals surface area contributed by atoms with Crippen molar-refractivity contribution >= 4 is 29.4 Å². The third-order valence-electron chi connectivity index (χ3n) is 4.16. The third-order valence-corrected chi connectivity index (χ3v) is 4.16. The zero-order valence-electron chi connectivity index (χ0n) is 14.8. The molecule has 0 saturated carbocycles. The smallest absolute Gasteiger partial charge is 0.334 e. The van der Waals surface area contributed by atoms with Crippen LogP contribution in [0.15, 0.2) is 53.0 Å². The van der Waals surface area contributed by atoms with Crippen molar-refractivity contribution in [2.45, 2.75) is 20.3 Å². The Morgan fingerprint density at radius 3 is 2.46 bits per heavy atom. The maximum atomic E-state index is 12.1. The quantitative estimate of drug-likeness (QED) is 0.671. The van der Waals surface area contributed by atoms with Crippen molar-refractivity contribution in [3.05, 3.63) is 59.2 Å². The molecule has 26 heavy (non-hydrogen) atoms. The summed E-state index contributed by atoms with van der Waals surface area (Å²) in [5.41, 5.74) is 10.6. The van der Waals surface area contributed by atoms with Crippen LogP contribution in [0, 0.1) is 0 Å². The molecule has 2 aromatic rings. The number of hydrogen-bond donors (Lipinski definition) is 1. The van der Waals surface area contributed by atoms with Crippen LogP contribution >= 0.6 is 0 Å². The second-order valence-corrected chi connectivity index (χ2v) is 6.08. The van der Waals surface area contributed by atoms with E-state index in [2.05, 4.69) is 4.99 Å². The number of amidine groups is 1. The predicted molar refractivity (Wildman–Crippen MR) is 102 cm³/mol. The van der Waals surface area contributed by atoms with E-state index in [1.54, 1.807) is 32.1 Å². The van der Waals surface area contributed by atoms with Gasteiger partial charge in [-0.05, 0) is 43.2 Å². The van der Waals surface area contributed by atoms with E-state index in [-0.39, 0.29) is 18.2 Å². The number of Topliss-reactive ketones (excluding diaryl/α,β-unsaturated/α-hetero) is 1. The maximum absolute atomic E-state index is 12.1. The van der Waals surface area contributed by atoms with Crippen LogP contribution < -0.4 is 5.73 Å². The van der Waals surface area contributed by atoms with Gasteiger partial charge in [-0.1, -0.05) is 30.3 Å². The van der Waals surface area contributed by atoms with E-state index >= 15 is 0 Å². The van der Waals surface area contributed by atoms with E-state index in [0.717, 1.165) is 16.7 Å². The molecule has 0 unspecified atom stereocenters. The van der Waals surface area contributed by atoms with Gasteiger partial charge in [-0.25, -0.2) is 9.79 Å². The summed E-state index contributed by atoms with van der Waals surface area (Å²) in [6, 6.07) is 13.2. The first-order valence-corrected chi connectivity index (χ1v) is 8.44. The lowest BCUT2D eigenvalue weighted by Crippen LogP contribution is -2.16. The van der Waals surface area contributed by atoms with Gasteiger partial charge in [0.25, 0.3) is 0 Å². The van der Waals surface area contributed by atoms with E-state index in [1.165, 1.54) is 0 Å². The summed E-state index contributed by atoms with van der Waals surface area (Å²) in [5, 5.41) is 0. The number of esters is 1. The number of rotatable bonds is 4. The first kappa shape index (κ1) is 17.6. The molecular formula is C21H20N2O3. The van der Waals surface area contributed by atoms with E-state index in [0.29, 0.717) is 29.3 Å². The van der Waals surface area contributed by atoms with Gasteiger partial charge >= 0.3 is 5.97 Å². The van der Waals surface area contributed by atoms with Gasteiger partial charge in [0.05, 0.1) is 12.3 Å². The summed E-state index contributed by atoms with van der Waals surface area (Å²) in [6.45, 7) is 3.62. The Morgan fingerprint density at radius 1 is 1.12 bits per heavy atom. The van der Waals surface area contributed by atoms with Crippen LogP contribution in [-0.4, -0.2) is 24.2 Å². The lowest BCUT2D eigenvalue weighted by Gasteiger charge is -2.07. The summed E-state index contributed by atoms with van der Waals surface area (Å²) in [4.78, 5) is 28.0. The van der Waals surface area contributed by atoms with Crippen molar-refractivity contribution in [1.82, 2.24) is 0 Å². The van der Waals surface area contributed by atoms with Gasteiger partial charge in [0.15, 0.2) is 5.78 Å².